The van der Waals surface area contributed by atoms with Gasteiger partial charge in [0.05, 0.1) is 0 Å². The Morgan fingerprint density at radius 2 is 0.538 bits per heavy atom. The second-order valence-electron chi connectivity index (χ2n) is 19.7. The molecule has 0 heterocycles. The number of hydrogen-bond donors (Lipinski definition) is 3. The number of aromatic hydroxyl groups is 3. The van der Waals surface area contributed by atoms with E-state index in [0.29, 0.717) is 0 Å². The van der Waals surface area contributed by atoms with Crippen molar-refractivity contribution < 1.29 is 15.3 Å². The van der Waals surface area contributed by atoms with Crippen LogP contribution in [-0.4, -0.2) is 15.3 Å². The summed E-state index contributed by atoms with van der Waals surface area (Å²) in [5.41, 5.74) is 7.42. The maximum Gasteiger partial charge on any atom is 0.120 e. The summed E-state index contributed by atoms with van der Waals surface area (Å²) in [4.78, 5) is 0. The second-order valence-corrected chi connectivity index (χ2v) is 19.7. The molecule has 0 aliphatic heterocycles. The van der Waals surface area contributed by atoms with Gasteiger partial charge in [0.25, 0.3) is 0 Å². The zero-order valence-corrected chi connectivity index (χ0v) is 36.6. The Labute approximate surface area is 319 Å². The topological polar surface area (TPSA) is 60.7 Å². The van der Waals surface area contributed by atoms with E-state index in [0.717, 1.165) is 88.6 Å². The molecule has 52 heavy (non-hydrogen) atoms. The van der Waals surface area contributed by atoms with Gasteiger partial charge in [-0.1, -0.05) is 143 Å². The third-order valence-electron chi connectivity index (χ3n) is 14.2. The Kier molecular flexibility index (Phi) is 12.6. The number of phenolic OH excluding ortho intramolecular Hbond substituents is 3. The number of phenols is 3. The van der Waals surface area contributed by atoms with Gasteiger partial charge >= 0.3 is 0 Å². The predicted octanol–water partition coefficient (Wildman–Crippen LogP) is 14.1. The fraction of sp³-hybridized carbons (Fsp3) is 0.633. The second kappa shape index (κ2) is 15.1. The standard InChI is InChI=1S/C49H76O3/c1-19-44(7,8)31-25-34(47(13,14)22-4)40(37(50)28-31)43(41-35(48(15,16)23-5)26-32(29-38(41)51)45(9,10)20-2)42-36(49(17,18)24-6)27-33(30-39(42)52)46(11,12)21-3/h25-30,43,50-52H,19-24H2,1-18H3. The van der Waals surface area contributed by atoms with Crippen molar-refractivity contribution in [3.8, 4) is 17.2 Å². The van der Waals surface area contributed by atoms with Gasteiger partial charge in [0.1, 0.15) is 17.2 Å². The highest BCUT2D eigenvalue weighted by atomic mass is 16.3. The highest BCUT2D eigenvalue weighted by Gasteiger charge is 2.41. The predicted molar refractivity (Wildman–Crippen MR) is 225 cm³/mol. The average molecular weight is 713 g/mol. The first kappa shape index (κ1) is 43.5. The fourth-order valence-corrected chi connectivity index (χ4v) is 7.29. The van der Waals surface area contributed by atoms with Gasteiger partial charge in [0, 0.05) is 22.6 Å². The molecule has 3 aromatic carbocycles. The van der Waals surface area contributed by atoms with Crippen molar-refractivity contribution in [3.63, 3.8) is 0 Å². The van der Waals surface area contributed by atoms with Gasteiger partial charge in [0.15, 0.2) is 0 Å². The van der Waals surface area contributed by atoms with Crippen molar-refractivity contribution in [2.75, 3.05) is 0 Å². The smallest absolute Gasteiger partial charge is 0.120 e. The van der Waals surface area contributed by atoms with Crippen LogP contribution in [0.15, 0.2) is 36.4 Å². The average Bonchev–Trinajstić information content (AvgIpc) is 3.08. The number of rotatable bonds is 15. The van der Waals surface area contributed by atoms with Crippen molar-refractivity contribution in [2.24, 2.45) is 0 Å². The summed E-state index contributed by atoms with van der Waals surface area (Å²) in [6.45, 7) is 40.3. The summed E-state index contributed by atoms with van der Waals surface area (Å²) in [6.07, 6.45) is 5.34. The highest BCUT2D eigenvalue weighted by molar-refractivity contribution is 5.66. The van der Waals surface area contributed by atoms with Crippen LogP contribution in [0.1, 0.15) is 219 Å². The molecule has 0 amide bonds. The molecular weight excluding hydrogens is 637 g/mol. The molecule has 0 spiro atoms. The largest absolute Gasteiger partial charge is 0.508 e. The normalized spacial score (nSPS) is 13.7. The van der Waals surface area contributed by atoms with E-state index in [9.17, 15) is 15.3 Å². The lowest BCUT2D eigenvalue weighted by Gasteiger charge is -2.40. The molecule has 0 fully saturated rings. The van der Waals surface area contributed by atoms with Crippen molar-refractivity contribution in [1.29, 1.82) is 0 Å². The van der Waals surface area contributed by atoms with Crippen LogP contribution in [0.2, 0.25) is 0 Å². The molecule has 3 aromatic rings. The first-order chi connectivity index (χ1) is 23.7. The molecule has 0 aliphatic rings. The summed E-state index contributed by atoms with van der Waals surface area (Å²) < 4.78 is 0. The van der Waals surface area contributed by atoms with Crippen LogP contribution in [0.4, 0.5) is 0 Å². The fourth-order valence-electron chi connectivity index (χ4n) is 7.29. The lowest BCUT2D eigenvalue weighted by molar-refractivity contribution is 0.419. The van der Waals surface area contributed by atoms with E-state index >= 15 is 0 Å². The minimum Gasteiger partial charge on any atom is -0.508 e. The Morgan fingerprint density at radius 1 is 0.346 bits per heavy atom. The Morgan fingerprint density at radius 3 is 0.712 bits per heavy atom. The molecule has 0 saturated carbocycles. The van der Waals surface area contributed by atoms with Crippen molar-refractivity contribution in [1.82, 2.24) is 0 Å². The van der Waals surface area contributed by atoms with Crippen LogP contribution in [0.25, 0.3) is 0 Å². The molecule has 0 aliphatic carbocycles. The summed E-state index contributed by atoms with van der Waals surface area (Å²) in [5.74, 6) is 0.0150. The molecule has 0 aromatic heterocycles. The van der Waals surface area contributed by atoms with Gasteiger partial charge < -0.3 is 15.3 Å². The van der Waals surface area contributed by atoms with Crippen LogP contribution in [0, 0.1) is 0 Å². The zero-order valence-electron chi connectivity index (χ0n) is 36.6. The molecule has 0 saturated heterocycles. The third-order valence-corrected chi connectivity index (χ3v) is 14.2. The van der Waals surface area contributed by atoms with E-state index in [4.69, 9.17) is 0 Å². The summed E-state index contributed by atoms with van der Waals surface area (Å²) in [5, 5.41) is 37.9. The molecule has 3 heteroatoms. The maximum absolute atomic E-state index is 12.6. The van der Waals surface area contributed by atoms with Crippen molar-refractivity contribution in [3.05, 3.63) is 86.5 Å². The summed E-state index contributed by atoms with van der Waals surface area (Å²) in [6, 6.07) is 12.9. The van der Waals surface area contributed by atoms with Crippen molar-refractivity contribution >= 4 is 0 Å². The molecule has 3 N–H and O–H groups in total. The number of benzene rings is 3. The van der Waals surface area contributed by atoms with E-state index in [-0.39, 0.29) is 49.7 Å². The third kappa shape index (κ3) is 8.09. The first-order valence-electron chi connectivity index (χ1n) is 20.4. The van der Waals surface area contributed by atoms with Gasteiger partial charge in [-0.15, -0.1) is 0 Å². The first-order valence-corrected chi connectivity index (χ1v) is 20.4. The summed E-state index contributed by atoms with van der Waals surface area (Å²) >= 11 is 0. The van der Waals surface area contributed by atoms with E-state index in [1.165, 1.54) is 0 Å². The molecule has 0 bridgehead atoms. The van der Waals surface area contributed by atoms with Crippen LogP contribution < -0.4 is 0 Å². The molecule has 0 radical (unpaired) electrons. The monoisotopic (exact) mass is 713 g/mol. The van der Waals surface area contributed by atoms with Crippen LogP contribution in [0.5, 0.6) is 17.2 Å². The van der Waals surface area contributed by atoms with Gasteiger partial charge in [-0.2, -0.15) is 0 Å². The van der Waals surface area contributed by atoms with E-state index in [1.807, 2.05) is 18.2 Å². The minimum atomic E-state index is -0.640. The van der Waals surface area contributed by atoms with Gasteiger partial charge in [-0.25, -0.2) is 0 Å². The SMILES string of the molecule is CCC(C)(C)c1cc(O)c(C(c2c(O)cc(C(C)(C)CC)cc2C(C)(C)CC)c2c(O)cc(C(C)(C)CC)cc2C(C)(C)CC)c(C(C)(C)CC)c1. The lowest BCUT2D eigenvalue weighted by atomic mass is 9.64. The van der Waals surface area contributed by atoms with Gasteiger partial charge in [-0.3, -0.25) is 0 Å². The molecule has 290 valence electrons. The van der Waals surface area contributed by atoms with Gasteiger partial charge in [0.2, 0.25) is 0 Å². The van der Waals surface area contributed by atoms with Crippen molar-refractivity contribution in [2.45, 2.75) is 202 Å². The molecular formula is C49H76O3. The summed E-state index contributed by atoms with van der Waals surface area (Å²) in [7, 11) is 0. The van der Waals surface area contributed by atoms with Gasteiger partial charge in [-0.05, 0) is 123 Å². The zero-order chi connectivity index (χ0) is 40.0. The Hall–Kier alpha value is -2.94. The van der Waals surface area contributed by atoms with Crippen LogP contribution in [0.3, 0.4) is 0 Å². The minimum absolute atomic E-state index is 0.153. The van der Waals surface area contributed by atoms with E-state index < -0.39 is 5.92 Å². The molecule has 3 rings (SSSR count). The molecule has 0 atom stereocenters. The van der Waals surface area contributed by atoms with Crippen LogP contribution in [-0.2, 0) is 32.5 Å². The number of hydrogen-bond acceptors (Lipinski definition) is 3. The van der Waals surface area contributed by atoms with Crippen LogP contribution >= 0.6 is 0 Å². The lowest BCUT2D eigenvalue weighted by Crippen LogP contribution is -2.28. The highest BCUT2D eigenvalue weighted by Crippen LogP contribution is 2.55. The Bertz CT molecular complexity index is 1530. The maximum atomic E-state index is 12.6. The Balaban J connectivity index is 2.86. The van der Waals surface area contributed by atoms with E-state index in [2.05, 4.69) is 143 Å². The molecule has 3 nitrogen and oxygen atoms in total. The van der Waals surface area contributed by atoms with E-state index in [1.54, 1.807) is 0 Å². The molecule has 0 unspecified atom stereocenters. The quantitative estimate of drug-likeness (QED) is 0.137.